The second-order valence-corrected chi connectivity index (χ2v) is 5.50. The lowest BCUT2D eigenvalue weighted by atomic mass is 10.1. The van der Waals surface area contributed by atoms with Gasteiger partial charge in [-0.15, -0.1) is 11.8 Å². The largest absolute Gasteiger partial charge is 0.298 e. The summed E-state index contributed by atoms with van der Waals surface area (Å²) in [7, 11) is 0. The lowest BCUT2D eigenvalue weighted by Gasteiger charge is -2.10. The molecule has 0 aromatic heterocycles. The fourth-order valence-corrected chi connectivity index (χ4v) is 2.88. The number of carbonyl (C=O) groups is 1. The van der Waals surface area contributed by atoms with Gasteiger partial charge >= 0.3 is 0 Å². The Hall–Kier alpha value is 0.200. The van der Waals surface area contributed by atoms with Gasteiger partial charge in [0.05, 0.1) is 4.83 Å². The van der Waals surface area contributed by atoms with Gasteiger partial charge in [0.25, 0.3) is 0 Å². The van der Waals surface area contributed by atoms with Crippen molar-refractivity contribution < 1.29 is 4.79 Å². The summed E-state index contributed by atoms with van der Waals surface area (Å²) in [5.41, 5.74) is 2.28. The highest BCUT2D eigenvalue weighted by Gasteiger charge is 2.13. The van der Waals surface area contributed by atoms with Crippen LogP contribution >= 0.6 is 43.6 Å². The van der Waals surface area contributed by atoms with Crippen LogP contribution in [0.5, 0.6) is 0 Å². The molecule has 1 unspecified atom stereocenters. The lowest BCUT2D eigenvalue weighted by molar-refractivity contribution is -0.116. The quantitative estimate of drug-likeness (QED) is 0.593. The molecule has 1 aromatic rings. The van der Waals surface area contributed by atoms with E-state index in [1.165, 1.54) is 10.5 Å². The standard InChI is InChI=1S/C11H12Br2OS/c1-7(14)11(13)8-3-4-9(6-12)10(5-8)15-2/h3-5,11H,6H2,1-2H3. The molecule has 0 aliphatic carbocycles. The molecular formula is C11H12Br2OS. The Morgan fingerprint density at radius 2 is 2.20 bits per heavy atom. The minimum atomic E-state index is -0.187. The zero-order valence-corrected chi connectivity index (χ0v) is 12.6. The van der Waals surface area contributed by atoms with Crippen molar-refractivity contribution in [3.63, 3.8) is 0 Å². The molecule has 15 heavy (non-hydrogen) atoms. The van der Waals surface area contributed by atoms with Gasteiger partial charge in [-0.05, 0) is 30.4 Å². The van der Waals surface area contributed by atoms with Gasteiger partial charge in [0.15, 0.2) is 0 Å². The summed E-state index contributed by atoms with van der Waals surface area (Å²) in [6.45, 7) is 1.59. The number of hydrogen-bond donors (Lipinski definition) is 0. The van der Waals surface area contributed by atoms with E-state index in [1.807, 2.05) is 12.3 Å². The number of benzene rings is 1. The average molecular weight is 352 g/mol. The van der Waals surface area contributed by atoms with Gasteiger partial charge in [-0.3, -0.25) is 4.79 Å². The maximum Gasteiger partial charge on any atom is 0.147 e. The molecule has 0 aliphatic heterocycles. The smallest absolute Gasteiger partial charge is 0.147 e. The Labute approximate surface area is 111 Å². The molecule has 0 saturated heterocycles. The maximum atomic E-state index is 11.2. The van der Waals surface area contributed by atoms with Gasteiger partial charge in [-0.2, -0.15) is 0 Å². The van der Waals surface area contributed by atoms with Crippen molar-refractivity contribution in [1.29, 1.82) is 0 Å². The molecular weight excluding hydrogens is 340 g/mol. The van der Waals surface area contributed by atoms with Crippen molar-refractivity contribution in [2.45, 2.75) is 22.0 Å². The fourth-order valence-electron chi connectivity index (χ4n) is 1.26. The van der Waals surface area contributed by atoms with E-state index < -0.39 is 0 Å². The molecule has 0 saturated carbocycles. The van der Waals surface area contributed by atoms with Crippen molar-refractivity contribution in [3.8, 4) is 0 Å². The van der Waals surface area contributed by atoms with Crippen LogP contribution in [-0.4, -0.2) is 12.0 Å². The first-order valence-corrected chi connectivity index (χ1v) is 7.73. The third-order valence-electron chi connectivity index (χ3n) is 2.10. The zero-order valence-electron chi connectivity index (χ0n) is 8.59. The molecule has 0 aliphatic rings. The fraction of sp³-hybridized carbons (Fsp3) is 0.364. The van der Waals surface area contributed by atoms with Crippen molar-refractivity contribution in [2.75, 3.05) is 6.26 Å². The first-order valence-electron chi connectivity index (χ1n) is 4.47. The number of alkyl halides is 2. The summed E-state index contributed by atoms with van der Waals surface area (Å²) in [4.78, 5) is 12.3. The number of halogens is 2. The Morgan fingerprint density at radius 1 is 1.53 bits per heavy atom. The van der Waals surface area contributed by atoms with Crippen molar-refractivity contribution in [3.05, 3.63) is 29.3 Å². The van der Waals surface area contributed by atoms with E-state index in [9.17, 15) is 4.79 Å². The summed E-state index contributed by atoms with van der Waals surface area (Å²) in [5, 5.41) is 0.844. The zero-order chi connectivity index (χ0) is 11.4. The van der Waals surface area contributed by atoms with Crippen LogP contribution in [0, 0.1) is 0 Å². The monoisotopic (exact) mass is 350 g/mol. The summed E-state index contributed by atoms with van der Waals surface area (Å²) < 4.78 is 0. The van der Waals surface area contributed by atoms with Crippen LogP contribution in [0.1, 0.15) is 22.9 Å². The highest BCUT2D eigenvalue weighted by Crippen LogP contribution is 2.30. The van der Waals surface area contributed by atoms with E-state index in [1.54, 1.807) is 18.7 Å². The van der Waals surface area contributed by atoms with Crippen LogP contribution in [0.25, 0.3) is 0 Å². The first kappa shape index (κ1) is 13.3. The van der Waals surface area contributed by atoms with Crippen LogP contribution in [0.3, 0.4) is 0 Å². The third-order valence-corrected chi connectivity index (χ3v) is 4.70. The Morgan fingerprint density at radius 3 is 2.67 bits per heavy atom. The summed E-state index contributed by atoms with van der Waals surface area (Å²) in [6, 6.07) is 6.13. The van der Waals surface area contributed by atoms with E-state index in [2.05, 4.69) is 44.0 Å². The molecule has 1 atom stereocenters. The number of rotatable bonds is 4. The maximum absolute atomic E-state index is 11.2. The van der Waals surface area contributed by atoms with Crippen molar-refractivity contribution in [1.82, 2.24) is 0 Å². The van der Waals surface area contributed by atoms with E-state index in [0.717, 1.165) is 10.9 Å². The SMILES string of the molecule is CSc1cc(C(Br)C(C)=O)ccc1CBr. The van der Waals surface area contributed by atoms with Gasteiger partial charge in [0.1, 0.15) is 5.78 Å². The summed E-state index contributed by atoms with van der Waals surface area (Å²) in [6.07, 6.45) is 2.04. The molecule has 1 rings (SSSR count). The van der Waals surface area contributed by atoms with Crippen LogP contribution in [0.4, 0.5) is 0 Å². The Balaban J connectivity index is 3.07. The topological polar surface area (TPSA) is 17.1 Å². The molecule has 0 heterocycles. The first-order chi connectivity index (χ1) is 7.10. The molecule has 82 valence electrons. The van der Waals surface area contributed by atoms with Crippen LogP contribution in [0.15, 0.2) is 23.1 Å². The summed E-state index contributed by atoms with van der Waals surface area (Å²) in [5.74, 6) is 0.133. The lowest BCUT2D eigenvalue weighted by Crippen LogP contribution is -2.01. The Kier molecular flexibility index (Phi) is 5.36. The van der Waals surface area contributed by atoms with Gasteiger partial charge in [0, 0.05) is 10.2 Å². The average Bonchev–Trinajstić information content (AvgIpc) is 2.26. The molecule has 4 heteroatoms. The number of carbonyl (C=O) groups excluding carboxylic acids is 1. The van der Waals surface area contributed by atoms with Gasteiger partial charge in [-0.1, -0.05) is 44.0 Å². The predicted octanol–water partition coefficient (Wildman–Crippen LogP) is 4.33. The normalized spacial score (nSPS) is 12.5. The molecule has 0 spiro atoms. The predicted molar refractivity (Wildman–Crippen MR) is 73.2 cm³/mol. The van der Waals surface area contributed by atoms with Gasteiger partial charge < -0.3 is 0 Å². The molecule has 0 fully saturated rings. The third kappa shape index (κ3) is 3.33. The van der Waals surface area contributed by atoms with Crippen molar-refractivity contribution >= 4 is 49.4 Å². The van der Waals surface area contributed by atoms with E-state index in [4.69, 9.17) is 0 Å². The second-order valence-electron chi connectivity index (χ2n) is 3.18. The summed E-state index contributed by atoms with van der Waals surface area (Å²) >= 11 is 8.54. The number of thioether (sulfide) groups is 1. The van der Waals surface area contributed by atoms with Crippen LogP contribution < -0.4 is 0 Å². The van der Waals surface area contributed by atoms with Crippen LogP contribution in [-0.2, 0) is 10.1 Å². The van der Waals surface area contributed by atoms with Gasteiger partial charge in [0.2, 0.25) is 0 Å². The van der Waals surface area contributed by atoms with Crippen LogP contribution in [0.2, 0.25) is 0 Å². The number of ketones is 1. The highest BCUT2D eigenvalue weighted by molar-refractivity contribution is 9.09. The van der Waals surface area contributed by atoms with E-state index in [0.29, 0.717) is 0 Å². The molecule has 0 N–H and O–H groups in total. The van der Waals surface area contributed by atoms with Crippen molar-refractivity contribution in [2.24, 2.45) is 0 Å². The molecule has 1 nitrogen and oxygen atoms in total. The number of Topliss-reactive ketones (excluding diaryl/α,β-unsaturated/α-hetero) is 1. The minimum Gasteiger partial charge on any atom is -0.298 e. The second kappa shape index (κ2) is 6.06. The van der Waals surface area contributed by atoms with E-state index >= 15 is 0 Å². The highest BCUT2D eigenvalue weighted by atomic mass is 79.9. The minimum absolute atomic E-state index is 0.133. The molecule has 1 aromatic carbocycles. The molecule has 0 bridgehead atoms. The van der Waals surface area contributed by atoms with Gasteiger partial charge in [-0.25, -0.2) is 0 Å². The number of hydrogen-bond acceptors (Lipinski definition) is 2. The molecule has 0 amide bonds. The van der Waals surface area contributed by atoms with E-state index in [-0.39, 0.29) is 10.6 Å². The molecule has 0 radical (unpaired) electrons. The Bertz CT molecular complexity index is 366.